The van der Waals surface area contributed by atoms with Crippen molar-refractivity contribution in [1.82, 2.24) is 0 Å². The van der Waals surface area contributed by atoms with Gasteiger partial charge in [-0.2, -0.15) is 0 Å². The molecule has 2 aromatic carbocycles. The fourth-order valence-electron chi connectivity index (χ4n) is 1.71. The highest BCUT2D eigenvalue weighted by molar-refractivity contribution is 6.05. The van der Waals surface area contributed by atoms with Crippen LogP contribution in [0.15, 0.2) is 30.3 Å². The van der Waals surface area contributed by atoms with Crippen LogP contribution in [0, 0.1) is 6.92 Å². The zero-order valence-corrected chi connectivity index (χ0v) is 8.19. The van der Waals surface area contributed by atoms with Crippen LogP contribution in [0.5, 0.6) is 5.75 Å². The van der Waals surface area contributed by atoms with Crippen LogP contribution in [0.2, 0.25) is 0 Å². The highest BCUT2D eigenvalue weighted by Crippen LogP contribution is 2.25. The standard InChI is InChI=1S/C12H10O3/c1-7-2-3-8-6-9(13)4-5-10(8)11(7)12(14)15/h2-6,13H,1H3,(H,14,15). The molecule has 0 fully saturated rings. The molecule has 2 N–H and O–H groups in total. The number of hydrogen-bond donors (Lipinski definition) is 2. The second-order valence-corrected chi connectivity index (χ2v) is 3.47. The van der Waals surface area contributed by atoms with E-state index >= 15 is 0 Å². The third-order valence-electron chi connectivity index (χ3n) is 2.43. The Morgan fingerprint density at radius 2 is 1.93 bits per heavy atom. The summed E-state index contributed by atoms with van der Waals surface area (Å²) in [6, 6.07) is 8.22. The van der Waals surface area contributed by atoms with E-state index in [-0.39, 0.29) is 5.75 Å². The van der Waals surface area contributed by atoms with Gasteiger partial charge in [0.1, 0.15) is 5.75 Å². The summed E-state index contributed by atoms with van der Waals surface area (Å²) < 4.78 is 0. The molecule has 15 heavy (non-hydrogen) atoms. The number of phenols is 1. The third kappa shape index (κ3) is 1.52. The first-order chi connectivity index (χ1) is 7.09. The number of hydrogen-bond acceptors (Lipinski definition) is 2. The van der Waals surface area contributed by atoms with E-state index in [0.717, 1.165) is 10.9 Å². The van der Waals surface area contributed by atoms with E-state index in [9.17, 15) is 9.90 Å². The fourth-order valence-corrected chi connectivity index (χ4v) is 1.71. The molecule has 0 saturated heterocycles. The van der Waals surface area contributed by atoms with Crippen LogP contribution in [0.3, 0.4) is 0 Å². The van der Waals surface area contributed by atoms with Crippen LogP contribution in [0.4, 0.5) is 0 Å². The number of carboxylic acid groups (broad SMARTS) is 1. The highest BCUT2D eigenvalue weighted by atomic mass is 16.4. The predicted octanol–water partition coefficient (Wildman–Crippen LogP) is 2.55. The second-order valence-electron chi connectivity index (χ2n) is 3.47. The zero-order chi connectivity index (χ0) is 11.0. The molecule has 0 aromatic heterocycles. The lowest BCUT2D eigenvalue weighted by molar-refractivity contribution is 0.0698. The first-order valence-corrected chi connectivity index (χ1v) is 4.55. The largest absolute Gasteiger partial charge is 0.508 e. The maximum atomic E-state index is 11.1. The van der Waals surface area contributed by atoms with Crippen LogP contribution < -0.4 is 0 Å². The van der Waals surface area contributed by atoms with Crippen LogP contribution in [0.1, 0.15) is 15.9 Å². The monoisotopic (exact) mass is 202 g/mol. The summed E-state index contributed by atoms with van der Waals surface area (Å²) in [6.45, 7) is 1.76. The minimum atomic E-state index is -0.941. The quantitative estimate of drug-likeness (QED) is 0.747. The summed E-state index contributed by atoms with van der Waals surface area (Å²) in [6.07, 6.45) is 0. The summed E-state index contributed by atoms with van der Waals surface area (Å²) >= 11 is 0. The molecule has 0 radical (unpaired) electrons. The number of aromatic carboxylic acids is 1. The Balaban J connectivity index is 2.88. The van der Waals surface area contributed by atoms with Crippen molar-refractivity contribution in [2.75, 3.05) is 0 Å². The lowest BCUT2D eigenvalue weighted by Gasteiger charge is -2.06. The van der Waals surface area contributed by atoms with E-state index in [1.54, 1.807) is 31.2 Å². The Morgan fingerprint density at radius 1 is 1.20 bits per heavy atom. The van der Waals surface area contributed by atoms with Crippen molar-refractivity contribution in [1.29, 1.82) is 0 Å². The lowest BCUT2D eigenvalue weighted by atomic mass is 10.00. The molecule has 0 aliphatic carbocycles. The number of aromatic hydroxyl groups is 1. The van der Waals surface area contributed by atoms with Gasteiger partial charge in [0.15, 0.2) is 0 Å². The molecule has 0 aliphatic rings. The number of carbonyl (C=O) groups is 1. The van der Waals surface area contributed by atoms with E-state index < -0.39 is 5.97 Å². The van der Waals surface area contributed by atoms with Gasteiger partial charge in [-0.25, -0.2) is 4.79 Å². The zero-order valence-electron chi connectivity index (χ0n) is 8.19. The number of fused-ring (bicyclic) bond motifs is 1. The van der Waals surface area contributed by atoms with Gasteiger partial charge in [-0.3, -0.25) is 0 Å². The molecule has 0 aliphatic heterocycles. The molecular formula is C12H10O3. The molecule has 0 bridgehead atoms. The molecule has 0 atom stereocenters. The van der Waals surface area contributed by atoms with Crippen molar-refractivity contribution in [3.8, 4) is 5.75 Å². The van der Waals surface area contributed by atoms with Gasteiger partial charge in [0.25, 0.3) is 0 Å². The Bertz CT molecular complexity index is 544. The summed E-state index contributed by atoms with van der Waals surface area (Å²) in [7, 11) is 0. The van der Waals surface area contributed by atoms with Crippen molar-refractivity contribution in [2.45, 2.75) is 6.92 Å². The predicted molar refractivity (Wildman–Crippen MR) is 57.3 cm³/mol. The molecule has 3 heteroatoms. The van der Waals surface area contributed by atoms with Gasteiger partial charge in [0.05, 0.1) is 5.56 Å². The number of rotatable bonds is 1. The smallest absolute Gasteiger partial charge is 0.336 e. The Morgan fingerprint density at radius 3 is 2.60 bits per heavy atom. The maximum absolute atomic E-state index is 11.1. The van der Waals surface area contributed by atoms with E-state index in [2.05, 4.69) is 0 Å². The minimum absolute atomic E-state index is 0.141. The van der Waals surface area contributed by atoms with Crippen molar-refractivity contribution in [2.24, 2.45) is 0 Å². The topological polar surface area (TPSA) is 57.5 Å². The van der Waals surface area contributed by atoms with Crippen LogP contribution in [-0.2, 0) is 0 Å². The van der Waals surface area contributed by atoms with Gasteiger partial charge in [-0.1, -0.05) is 12.1 Å². The summed E-state index contributed by atoms with van der Waals surface area (Å²) in [4.78, 5) is 11.1. The average molecular weight is 202 g/mol. The van der Waals surface area contributed by atoms with E-state index in [4.69, 9.17) is 5.11 Å². The molecule has 76 valence electrons. The first-order valence-electron chi connectivity index (χ1n) is 4.55. The molecule has 0 heterocycles. The molecule has 0 saturated carbocycles. The molecular weight excluding hydrogens is 192 g/mol. The van der Waals surface area contributed by atoms with E-state index in [1.807, 2.05) is 0 Å². The van der Waals surface area contributed by atoms with E-state index in [1.165, 1.54) is 6.07 Å². The molecule has 0 unspecified atom stereocenters. The van der Waals surface area contributed by atoms with Crippen molar-refractivity contribution < 1.29 is 15.0 Å². The van der Waals surface area contributed by atoms with Crippen LogP contribution in [-0.4, -0.2) is 16.2 Å². The maximum Gasteiger partial charge on any atom is 0.336 e. The van der Waals surface area contributed by atoms with Crippen molar-refractivity contribution in [3.05, 3.63) is 41.5 Å². The number of benzene rings is 2. The molecule has 2 aromatic rings. The number of carboxylic acids is 1. The van der Waals surface area contributed by atoms with Gasteiger partial charge >= 0.3 is 5.97 Å². The fraction of sp³-hybridized carbons (Fsp3) is 0.0833. The number of aryl methyl sites for hydroxylation is 1. The van der Waals surface area contributed by atoms with Crippen molar-refractivity contribution >= 4 is 16.7 Å². The van der Waals surface area contributed by atoms with Gasteiger partial charge in [-0.15, -0.1) is 0 Å². The average Bonchev–Trinajstić information content (AvgIpc) is 2.17. The normalized spacial score (nSPS) is 10.5. The van der Waals surface area contributed by atoms with Gasteiger partial charge in [-0.05, 0) is 41.5 Å². The lowest BCUT2D eigenvalue weighted by Crippen LogP contribution is -2.00. The summed E-state index contributed by atoms with van der Waals surface area (Å²) in [5, 5.41) is 19.7. The van der Waals surface area contributed by atoms with Gasteiger partial charge in [0.2, 0.25) is 0 Å². The summed E-state index contributed by atoms with van der Waals surface area (Å²) in [5.41, 5.74) is 1.02. The third-order valence-corrected chi connectivity index (χ3v) is 2.43. The highest BCUT2D eigenvalue weighted by Gasteiger charge is 2.11. The molecule has 0 spiro atoms. The Labute approximate surface area is 86.6 Å². The second kappa shape index (κ2) is 3.28. The molecule has 2 rings (SSSR count). The molecule has 3 nitrogen and oxygen atoms in total. The van der Waals surface area contributed by atoms with Crippen LogP contribution >= 0.6 is 0 Å². The Kier molecular flexibility index (Phi) is 2.08. The minimum Gasteiger partial charge on any atom is -0.508 e. The van der Waals surface area contributed by atoms with Crippen LogP contribution in [0.25, 0.3) is 10.8 Å². The van der Waals surface area contributed by atoms with Crippen molar-refractivity contribution in [3.63, 3.8) is 0 Å². The van der Waals surface area contributed by atoms with Gasteiger partial charge < -0.3 is 10.2 Å². The Hall–Kier alpha value is -2.03. The summed E-state index contributed by atoms with van der Waals surface area (Å²) in [5.74, 6) is -0.800. The SMILES string of the molecule is Cc1ccc2cc(O)ccc2c1C(=O)O. The molecule has 0 amide bonds. The number of phenolic OH excluding ortho intramolecular Hbond substituents is 1. The first kappa shape index (κ1) is 9.52. The van der Waals surface area contributed by atoms with E-state index in [0.29, 0.717) is 10.9 Å². The van der Waals surface area contributed by atoms with Gasteiger partial charge in [0, 0.05) is 0 Å².